The number of thiazole rings is 1. The smallest absolute Gasteiger partial charge is 0.307 e. The molecule has 1 amide bonds. The number of hydrogen-bond acceptors (Lipinski definition) is 4. The van der Waals surface area contributed by atoms with Crippen molar-refractivity contribution in [2.45, 2.75) is 39.5 Å². The van der Waals surface area contributed by atoms with Gasteiger partial charge in [-0.1, -0.05) is 20.8 Å². The molecule has 1 heterocycles. The molecule has 0 radical (unpaired) electrons. The third kappa shape index (κ3) is 3.17. The second-order valence-corrected chi connectivity index (χ2v) is 6.71. The Morgan fingerprint density at radius 3 is 2.60 bits per heavy atom. The van der Waals surface area contributed by atoms with Crippen LogP contribution in [0.1, 0.15) is 45.2 Å². The maximum Gasteiger partial charge on any atom is 0.307 e. The minimum Gasteiger partial charge on any atom is -0.481 e. The number of rotatable bonds is 4. The lowest BCUT2D eigenvalue weighted by molar-refractivity contribution is -0.145. The van der Waals surface area contributed by atoms with Gasteiger partial charge in [-0.05, 0) is 24.7 Å². The average Bonchev–Trinajstić information content (AvgIpc) is 2.95. The van der Waals surface area contributed by atoms with Crippen molar-refractivity contribution in [3.63, 3.8) is 0 Å². The number of carboxylic acid groups (broad SMARTS) is 1. The quantitative estimate of drug-likeness (QED) is 0.895. The van der Waals surface area contributed by atoms with Gasteiger partial charge >= 0.3 is 5.97 Å². The zero-order chi connectivity index (χ0) is 14.9. The molecule has 20 heavy (non-hydrogen) atoms. The van der Waals surface area contributed by atoms with Crippen molar-refractivity contribution in [1.82, 2.24) is 4.98 Å². The van der Waals surface area contributed by atoms with Crippen LogP contribution in [0.15, 0.2) is 5.38 Å². The van der Waals surface area contributed by atoms with E-state index >= 15 is 0 Å². The van der Waals surface area contributed by atoms with E-state index in [1.807, 2.05) is 26.2 Å². The molecular formula is C14H20N2O3S. The SMILES string of the molecule is CC1CC(C(=O)O)C(C(=O)Nc2nc(C(C)C)cs2)C1. The van der Waals surface area contributed by atoms with Crippen LogP contribution in [0.5, 0.6) is 0 Å². The normalized spacial score (nSPS) is 25.9. The van der Waals surface area contributed by atoms with E-state index < -0.39 is 17.8 Å². The molecule has 110 valence electrons. The fourth-order valence-corrected chi connectivity index (χ4v) is 3.54. The van der Waals surface area contributed by atoms with Crippen molar-refractivity contribution in [2.75, 3.05) is 5.32 Å². The number of nitrogens with zero attached hydrogens (tertiary/aromatic N) is 1. The number of hydrogen-bond donors (Lipinski definition) is 2. The number of carbonyl (C=O) groups is 2. The molecule has 5 nitrogen and oxygen atoms in total. The lowest BCUT2D eigenvalue weighted by atomic mass is 9.95. The monoisotopic (exact) mass is 296 g/mol. The first-order valence-electron chi connectivity index (χ1n) is 6.87. The first kappa shape index (κ1) is 15.0. The fourth-order valence-electron chi connectivity index (χ4n) is 2.66. The molecule has 1 fully saturated rings. The summed E-state index contributed by atoms with van der Waals surface area (Å²) in [7, 11) is 0. The van der Waals surface area contributed by atoms with E-state index in [0.717, 1.165) is 5.69 Å². The number of carboxylic acids is 1. The van der Waals surface area contributed by atoms with Crippen LogP contribution in [0, 0.1) is 17.8 Å². The van der Waals surface area contributed by atoms with E-state index in [1.54, 1.807) is 0 Å². The molecule has 2 N–H and O–H groups in total. The molecular weight excluding hydrogens is 276 g/mol. The summed E-state index contributed by atoms with van der Waals surface area (Å²) in [6.07, 6.45) is 1.20. The topological polar surface area (TPSA) is 79.3 Å². The molecule has 0 bridgehead atoms. The molecule has 1 aromatic rings. The molecule has 2 rings (SSSR count). The zero-order valence-corrected chi connectivity index (χ0v) is 12.7. The van der Waals surface area contributed by atoms with Gasteiger partial charge in [-0.2, -0.15) is 0 Å². The van der Waals surface area contributed by atoms with E-state index in [9.17, 15) is 14.7 Å². The first-order valence-corrected chi connectivity index (χ1v) is 7.75. The van der Waals surface area contributed by atoms with Crippen LogP contribution in [0.4, 0.5) is 5.13 Å². The van der Waals surface area contributed by atoms with Gasteiger partial charge in [0.1, 0.15) is 0 Å². The summed E-state index contributed by atoms with van der Waals surface area (Å²) in [5.74, 6) is -1.53. The molecule has 6 heteroatoms. The highest BCUT2D eigenvalue weighted by Gasteiger charge is 2.41. The molecule has 1 aliphatic carbocycles. The summed E-state index contributed by atoms with van der Waals surface area (Å²) >= 11 is 1.38. The Morgan fingerprint density at radius 1 is 1.40 bits per heavy atom. The summed E-state index contributed by atoms with van der Waals surface area (Å²) in [6.45, 7) is 6.07. The van der Waals surface area contributed by atoms with Gasteiger partial charge in [0.25, 0.3) is 0 Å². The Morgan fingerprint density at radius 2 is 2.05 bits per heavy atom. The van der Waals surface area contributed by atoms with Crippen molar-refractivity contribution in [1.29, 1.82) is 0 Å². The summed E-state index contributed by atoms with van der Waals surface area (Å²) in [5.41, 5.74) is 0.944. The van der Waals surface area contributed by atoms with Gasteiger partial charge in [0.15, 0.2) is 5.13 Å². The van der Waals surface area contributed by atoms with Crippen molar-refractivity contribution >= 4 is 28.3 Å². The van der Waals surface area contributed by atoms with Crippen LogP contribution >= 0.6 is 11.3 Å². The Bertz CT molecular complexity index is 512. The standard InChI is InChI=1S/C14H20N2O3S/c1-7(2)11-6-20-14(15-11)16-12(17)9-4-8(3)5-10(9)13(18)19/h6-10H,4-5H2,1-3H3,(H,18,19)(H,15,16,17). The van der Waals surface area contributed by atoms with Gasteiger partial charge in [-0.3, -0.25) is 9.59 Å². The third-order valence-corrected chi connectivity index (χ3v) is 4.57. The number of anilines is 1. The van der Waals surface area contributed by atoms with Crippen molar-refractivity contribution < 1.29 is 14.7 Å². The molecule has 1 saturated carbocycles. The van der Waals surface area contributed by atoms with E-state index in [-0.39, 0.29) is 11.8 Å². The first-order chi connectivity index (χ1) is 9.38. The Labute approximate surface area is 122 Å². The molecule has 1 aliphatic rings. The molecule has 1 aromatic heterocycles. The lowest BCUT2D eigenvalue weighted by Crippen LogP contribution is -2.29. The summed E-state index contributed by atoms with van der Waals surface area (Å²) in [5, 5.41) is 14.5. The highest BCUT2D eigenvalue weighted by atomic mass is 32.1. The molecule has 0 saturated heterocycles. The molecule has 0 aliphatic heterocycles. The van der Waals surface area contributed by atoms with Gasteiger partial charge in [0.2, 0.25) is 5.91 Å². The average molecular weight is 296 g/mol. The van der Waals surface area contributed by atoms with Crippen LogP contribution in [0.25, 0.3) is 0 Å². The second kappa shape index (κ2) is 5.91. The predicted molar refractivity (Wildman–Crippen MR) is 77.8 cm³/mol. The Kier molecular flexibility index (Phi) is 4.42. The van der Waals surface area contributed by atoms with Crippen LogP contribution in [-0.2, 0) is 9.59 Å². The van der Waals surface area contributed by atoms with E-state index in [1.165, 1.54) is 11.3 Å². The third-order valence-electron chi connectivity index (χ3n) is 3.80. The number of carbonyl (C=O) groups excluding carboxylic acids is 1. The number of amides is 1. The molecule has 3 unspecified atom stereocenters. The van der Waals surface area contributed by atoms with Crippen LogP contribution in [0.2, 0.25) is 0 Å². The molecule has 0 aromatic carbocycles. The number of aliphatic carboxylic acids is 1. The Hall–Kier alpha value is -1.43. The molecule has 3 atom stereocenters. The van der Waals surface area contributed by atoms with E-state index in [4.69, 9.17) is 0 Å². The van der Waals surface area contributed by atoms with Gasteiger partial charge in [-0.15, -0.1) is 11.3 Å². The summed E-state index contributed by atoms with van der Waals surface area (Å²) < 4.78 is 0. The van der Waals surface area contributed by atoms with Gasteiger partial charge in [0, 0.05) is 5.38 Å². The van der Waals surface area contributed by atoms with Crippen LogP contribution in [-0.4, -0.2) is 22.0 Å². The molecule has 0 spiro atoms. The van der Waals surface area contributed by atoms with Gasteiger partial charge in [0.05, 0.1) is 17.5 Å². The van der Waals surface area contributed by atoms with Gasteiger partial charge in [-0.25, -0.2) is 4.98 Å². The minimum atomic E-state index is -0.878. The van der Waals surface area contributed by atoms with Crippen molar-refractivity contribution in [2.24, 2.45) is 17.8 Å². The van der Waals surface area contributed by atoms with E-state index in [2.05, 4.69) is 10.3 Å². The van der Waals surface area contributed by atoms with Crippen molar-refractivity contribution in [3.8, 4) is 0 Å². The van der Waals surface area contributed by atoms with Crippen LogP contribution in [0.3, 0.4) is 0 Å². The largest absolute Gasteiger partial charge is 0.481 e. The van der Waals surface area contributed by atoms with Crippen molar-refractivity contribution in [3.05, 3.63) is 11.1 Å². The van der Waals surface area contributed by atoms with Crippen LogP contribution < -0.4 is 5.32 Å². The summed E-state index contributed by atoms with van der Waals surface area (Å²) in [4.78, 5) is 27.8. The highest BCUT2D eigenvalue weighted by Crippen LogP contribution is 2.37. The van der Waals surface area contributed by atoms with Gasteiger partial charge < -0.3 is 10.4 Å². The Balaban J connectivity index is 2.05. The maximum atomic E-state index is 12.2. The minimum absolute atomic E-state index is 0.216. The second-order valence-electron chi connectivity index (χ2n) is 5.85. The highest BCUT2D eigenvalue weighted by molar-refractivity contribution is 7.13. The maximum absolute atomic E-state index is 12.2. The summed E-state index contributed by atoms with van der Waals surface area (Å²) in [6, 6.07) is 0. The zero-order valence-electron chi connectivity index (χ0n) is 11.9. The van der Waals surface area contributed by atoms with E-state index in [0.29, 0.717) is 23.9 Å². The fraction of sp³-hybridized carbons (Fsp3) is 0.643. The predicted octanol–water partition coefficient (Wildman–Crippen LogP) is 2.95. The number of nitrogens with one attached hydrogen (secondary N) is 1. The number of aromatic nitrogens is 1. The lowest BCUT2D eigenvalue weighted by Gasteiger charge is -2.14.